The number of benzene rings is 1. The van der Waals surface area contributed by atoms with Crippen LogP contribution in [0.4, 0.5) is 0 Å². The Morgan fingerprint density at radius 2 is 1.75 bits per heavy atom. The van der Waals surface area contributed by atoms with Gasteiger partial charge < -0.3 is 9.52 Å². The Balaban J connectivity index is 2.06. The number of thioether (sulfide) groups is 1. The summed E-state index contributed by atoms with van der Waals surface area (Å²) in [5.74, 6) is 0.160. The standard InChI is InChI=1S/C16H18O3S/c1-10(2)12-4-6-13(7-5-12)20-11(3)14-8-9-15(19-14)16(17)18/h4-11H,1-3H3,(H,17,18). The summed E-state index contributed by atoms with van der Waals surface area (Å²) >= 11 is 1.66. The van der Waals surface area contributed by atoms with Crippen LogP contribution in [0.1, 0.15) is 53.8 Å². The summed E-state index contributed by atoms with van der Waals surface area (Å²) in [7, 11) is 0. The van der Waals surface area contributed by atoms with Crippen molar-refractivity contribution in [2.45, 2.75) is 36.8 Å². The van der Waals surface area contributed by atoms with Crippen molar-refractivity contribution < 1.29 is 14.3 Å². The normalized spacial score (nSPS) is 12.6. The Bertz CT molecular complexity index is 584. The van der Waals surface area contributed by atoms with Crippen LogP contribution in [0, 0.1) is 0 Å². The summed E-state index contributed by atoms with van der Waals surface area (Å²) in [5.41, 5.74) is 1.31. The van der Waals surface area contributed by atoms with Crippen molar-refractivity contribution in [3.05, 3.63) is 53.5 Å². The molecule has 0 aliphatic rings. The largest absolute Gasteiger partial charge is 0.475 e. The van der Waals surface area contributed by atoms with Gasteiger partial charge in [0.1, 0.15) is 5.76 Å². The van der Waals surface area contributed by atoms with E-state index in [1.807, 2.05) is 6.92 Å². The van der Waals surface area contributed by atoms with Crippen molar-refractivity contribution in [3.63, 3.8) is 0 Å². The third kappa shape index (κ3) is 3.45. The van der Waals surface area contributed by atoms with Crippen LogP contribution in [0.3, 0.4) is 0 Å². The fourth-order valence-corrected chi connectivity index (χ4v) is 2.82. The summed E-state index contributed by atoms with van der Waals surface area (Å²) in [6.45, 7) is 6.34. The summed E-state index contributed by atoms with van der Waals surface area (Å²) < 4.78 is 5.32. The molecule has 0 aliphatic heterocycles. The lowest BCUT2D eigenvalue weighted by Gasteiger charge is -2.10. The molecule has 0 bridgehead atoms. The molecule has 1 atom stereocenters. The predicted octanol–water partition coefficient (Wildman–Crippen LogP) is 4.95. The summed E-state index contributed by atoms with van der Waals surface area (Å²) in [5, 5.41) is 8.93. The Labute approximate surface area is 123 Å². The maximum Gasteiger partial charge on any atom is 0.371 e. The number of rotatable bonds is 5. The molecular formula is C16H18O3S. The highest BCUT2D eigenvalue weighted by Gasteiger charge is 2.15. The number of carboxylic acid groups (broad SMARTS) is 1. The first-order valence-corrected chi connectivity index (χ1v) is 7.45. The van der Waals surface area contributed by atoms with Crippen LogP contribution in [0.2, 0.25) is 0 Å². The maximum absolute atomic E-state index is 10.8. The third-order valence-corrected chi connectivity index (χ3v) is 4.23. The zero-order chi connectivity index (χ0) is 14.7. The monoisotopic (exact) mass is 290 g/mol. The molecule has 4 heteroatoms. The lowest BCUT2D eigenvalue weighted by Crippen LogP contribution is -1.92. The minimum absolute atomic E-state index is 0.0115. The van der Waals surface area contributed by atoms with Crippen molar-refractivity contribution in [1.82, 2.24) is 0 Å². The Morgan fingerprint density at radius 1 is 1.10 bits per heavy atom. The van der Waals surface area contributed by atoms with Crippen LogP contribution in [-0.2, 0) is 0 Å². The Morgan fingerprint density at radius 3 is 2.25 bits per heavy atom. The van der Waals surface area contributed by atoms with Gasteiger partial charge in [-0.2, -0.15) is 0 Å². The topological polar surface area (TPSA) is 50.4 Å². The molecule has 0 aliphatic carbocycles. The second kappa shape index (κ2) is 6.18. The molecular weight excluding hydrogens is 272 g/mol. The van der Waals surface area contributed by atoms with E-state index in [2.05, 4.69) is 38.1 Å². The molecule has 106 valence electrons. The Kier molecular flexibility index (Phi) is 4.55. The van der Waals surface area contributed by atoms with Crippen LogP contribution in [0.15, 0.2) is 45.7 Å². The number of furan rings is 1. The van der Waals surface area contributed by atoms with Gasteiger partial charge in [0.05, 0.1) is 5.25 Å². The molecule has 1 N–H and O–H groups in total. The molecule has 0 amide bonds. The van der Waals surface area contributed by atoms with Crippen LogP contribution >= 0.6 is 11.8 Å². The summed E-state index contributed by atoms with van der Waals surface area (Å²) in [6.07, 6.45) is 0. The highest BCUT2D eigenvalue weighted by molar-refractivity contribution is 7.99. The van der Waals surface area contributed by atoms with Crippen molar-refractivity contribution in [2.24, 2.45) is 0 Å². The smallest absolute Gasteiger partial charge is 0.371 e. The van der Waals surface area contributed by atoms with Gasteiger partial charge in [-0.3, -0.25) is 0 Å². The van der Waals surface area contributed by atoms with Gasteiger partial charge in [0.2, 0.25) is 5.76 Å². The highest BCUT2D eigenvalue weighted by atomic mass is 32.2. The van der Waals surface area contributed by atoms with Gasteiger partial charge in [0.15, 0.2) is 0 Å². The van der Waals surface area contributed by atoms with Crippen LogP contribution in [0.25, 0.3) is 0 Å². The molecule has 1 aromatic heterocycles. The average Bonchev–Trinajstić information content (AvgIpc) is 2.89. The van der Waals surface area contributed by atoms with Gasteiger partial charge in [0, 0.05) is 4.90 Å². The minimum atomic E-state index is -1.03. The molecule has 1 aromatic carbocycles. The predicted molar refractivity (Wildman–Crippen MR) is 80.5 cm³/mol. The SMILES string of the molecule is CC(C)c1ccc(SC(C)c2ccc(C(=O)O)o2)cc1. The molecule has 1 heterocycles. The van der Waals surface area contributed by atoms with Crippen LogP contribution in [-0.4, -0.2) is 11.1 Å². The zero-order valence-electron chi connectivity index (χ0n) is 11.8. The molecule has 0 saturated heterocycles. The molecule has 0 radical (unpaired) electrons. The van der Waals surface area contributed by atoms with Crippen molar-refractivity contribution in [2.75, 3.05) is 0 Å². The van der Waals surface area contributed by atoms with E-state index in [0.29, 0.717) is 11.7 Å². The molecule has 0 spiro atoms. The summed E-state index contributed by atoms with van der Waals surface area (Å²) in [6, 6.07) is 11.7. The van der Waals surface area contributed by atoms with Gasteiger partial charge in [0.25, 0.3) is 0 Å². The second-order valence-corrected chi connectivity index (χ2v) is 6.41. The molecule has 20 heavy (non-hydrogen) atoms. The molecule has 1 unspecified atom stereocenters. The van der Waals surface area contributed by atoms with E-state index in [9.17, 15) is 4.79 Å². The van der Waals surface area contributed by atoms with Gasteiger partial charge in [-0.05, 0) is 42.7 Å². The van der Waals surface area contributed by atoms with E-state index in [1.54, 1.807) is 17.8 Å². The number of carboxylic acids is 1. The summed E-state index contributed by atoms with van der Waals surface area (Å²) in [4.78, 5) is 11.9. The first kappa shape index (κ1) is 14.7. The lowest BCUT2D eigenvalue weighted by atomic mass is 10.0. The highest BCUT2D eigenvalue weighted by Crippen LogP contribution is 2.36. The van der Waals surface area contributed by atoms with E-state index in [-0.39, 0.29) is 11.0 Å². The van der Waals surface area contributed by atoms with E-state index in [4.69, 9.17) is 9.52 Å². The van der Waals surface area contributed by atoms with Crippen molar-refractivity contribution >= 4 is 17.7 Å². The van der Waals surface area contributed by atoms with E-state index >= 15 is 0 Å². The first-order chi connectivity index (χ1) is 9.47. The fourth-order valence-electron chi connectivity index (χ4n) is 1.88. The second-order valence-electron chi connectivity index (χ2n) is 4.99. The van der Waals surface area contributed by atoms with Gasteiger partial charge >= 0.3 is 5.97 Å². The lowest BCUT2D eigenvalue weighted by molar-refractivity contribution is 0.0660. The maximum atomic E-state index is 10.8. The minimum Gasteiger partial charge on any atom is -0.475 e. The molecule has 0 saturated carbocycles. The average molecular weight is 290 g/mol. The first-order valence-electron chi connectivity index (χ1n) is 6.57. The van der Waals surface area contributed by atoms with Gasteiger partial charge in [-0.25, -0.2) is 4.79 Å². The van der Waals surface area contributed by atoms with Crippen LogP contribution < -0.4 is 0 Å². The van der Waals surface area contributed by atoms with Gasteiger partial charge in [-0.15, -0.1) is 11.8 Å². The van der Waals surface area contributed by atoms with Crippen molar-refractivity contribution in [1.29, 1.82) is 0 Å². The molecule has 0 fully saturated rings. The van der Waals surface area contributed by atoms with E-state index in [1.165, 1.54) is 11.6 Å². The molecule has 3 nitrogen and oxygen atoms in total. The number of hydrogen-bond acceptors (Lipinski definition) is 3. The van der Waals surface area contributed by atoms with Gasteiger partial charge in [-0.1, -0.05) is 26.0 Å². The zero-order valence-corrected chi connectivity index (χ0v) is 12.6. The number of hydrogen-bond donors (Lipinski definition) is 1. The Hall–Kier alpha value is -1.68. The van der Waals surface area contributed by atoms with Crippen molar-refractivity contribution in [3.8, 4) is 0 Å². The quantitative estimate of drug-likeness (QED) is 0.791. The fraction of sp³-hybridized carbons (Fsp3) is 0.312. The number of aromatic carboxylic acids is 1. The number of carbonyl (C=O) groups is 1. The third-order valence-electron chi connectivity index (χ3n) is 3.10. The molecule has 2 aromatic rings. The van der Waals surface area contributed by atoms with Crippen LogP contribution in [0.5, 0.6) is 0 Å². The van der Waals surface area contributed by atoms with E-state index < -0.39 is 5.97 Å². The van der Waals surface area contributed by atoms with E-state index in [0.717, 1.165) is 4.90 Å². The molecule has 2 rings (SSSR count).